The summed E-state index contributed by atoms with van der Waals surface area (Å²) in [5.41, 5.74) is 1.25. The molecule has 0 aliphatic heterocycles. The van der Waals surface area contributed by atoms with E-state index in [4.69, 9.17) is 12.4 Å². The van der Waals surface area contributed by atoms with Gasteiger partial charge in [-0.1, -0.05) is 28.1 Å². The topological polar surface area (TPSA) is 32.6 Å². The van der Waals surface area contributed by atoms with Crippen molar-refractivity contribution in [2.45, 2.75) is 11.8 Å². The minimum absolute atomic E-state index is 0.0111. The predicted octanol–water partition coefficient (Wildman–Crippen LogP) is 2.43. The molecule has 1 fully saturated rings. The second-order valence-corrected chi connectivity index (χ2v) is 5.21. The lowest BCUT2D eigenvalue weighted by molar-refractivity contribution is 0.264. The van der Waals surface area contributed by atoms with Gasteiger partial charge in [0.25, 0.3) is 0 Å². The Morgan fingerprint density at radius 3 is 2.60 bits per heavy atom. The number of benzene rings is 1. The third kappa shape index (κ3) is 1.98. The molecule has 0 radical (unpaired) electrons. The highest BCUT2D eigenvalue weighted by atomic mass is 79.9. The van der Waals surface area contributed by atoms with E-state index in [-0.39, 0.29) is 12.0 Å². The first-order chi connectivity index (χ1) is 7.23. The van der Waals surface area contributed by atoms with E-state index in [9.17, 15) is 5.11 Å². The Balaban J connectivity index is 2.27. The monoisotopic (exact) mass is 285 g/mol. The van der Waals surface area contributed by atoms with Crippen molar-refractivity contribution in [1.29, 1.82) is 0 Å². The molecule has 1 aliphatic rings. The Labute approximate surface area is 103 Å². The van der Waals surface area contributed by atoms with Crippen LogP contribution in [0.15, 0.2) is 33.1 Å². The SMILES string of the molecule is OC[C@H]1C[C@]1(CN=S)c1ccc(Br)cc1. The highest BCUT2D eigenvalue weighted by Crippen LogP contribution is 2.54. The lowest BCUT2D eigenvalue weighted by Gasteiger charge is -2.14. The van der Waals surface area contributed by atoms with Crippen LogP contribution in [0.3, 0.4) is 0 Å². The molecule has 0 unspecified atom stereocenters. The lowest BCUT2D eigenvalue weighted by atomic mass is 9.93. The lowest BCUT2D eigenvalue weighted by Crippen LogP contribution is -2.15. The van der Waals surface area contributed by atoms with Crippen LogP contribution in [0, 0.1) is 5.92 Å². The Morgan fingerprint density at radius 2 is 2.13 bits per heavy atom. The van der Waals surface area contributed by atoms with Gasteiger partial charge in [0.2, 0.25) is 0 Å². The highest BCUT2D eigenvalue weighted by molar-refractivity contribution is 9.10. The largest absolute Gasteiger partial charge is 0.396 e. The number of aliphatic hydroxyl groups is 1. The summed E-state index contributed by atoms with van der Waals surface area (Å²) in [6.07, 6.45) is 0.991. The first-order valence-electron chi connectivity index (χ1n) is 4.89. The van der Waals surface area contributed by atoms with Gasteiger partial charge in [-0.05, 0) is 30.0 Å². The zero-order valence-electron chi connectivity index (χ0n) is 8.19. The number of hydrogen-bond acceptors (Lipinski definition) is 3. The molecule has 4 heteroatoms. The molecule has 0 aromatic heterocycles. The minimum atomic E-state index is 0.0111. The molecule has 1 aromatic rings. The van der Waals surface area contributed by atoms with E-state index in [1.807, 2.05) is 12.1 Å². The van der Waals surface area contributed by atoms with Crippen LogP contribution in [0.5, 0.6) is 0 Å². The van der Waals surface area contributed by atoms with Crippen molar-refractivity contribution < 1.29 is 5.11 Å². The molecule has 1 saturated carbocycles. The van der Waals surface area contributed by atoms with Crippen LogP contribution in [-0.2, 0) is 17.8 Å². The summed E-state index contributed by atoms with van der Waals surface area (Å²) in [5.74, 6) is 0.324. The molecule has 0 bridgehead atoms. The van der Waals surface area contributed by atoms with Gasteiger partial charge in [0.05, 0.1) is 6.54 Å². The average Bonchev–Trinajstić information content (AvgIpc) is 2.94. The van der Waals surface area contributed by atoms with Crippen LogP contribution in [0.1, 0.15) is 12.0 Å². The zero-order valence-corrected chi connectivity index (χ0v) is 10.6. The number of hydrogen-bond donors (Lipinski definition) is 1. The van der Waals surface area contributed by atoms with Gasteiger partial charge in [-0.25, -0.2) is 4.36 Å². The first-order valence-corrected chi connectivity index (χ1v) is 6.05. The molecular weight excluding hydrogens is 274 g/mol. The second kappa shape index (κ2) is 4.28. The van der Waals surface area contributed by atoms with Crippen LogP contribution >= 0.6 is 15.9 Å². The quantitative estimate of drug-likeness (QED) is 0.922. The van der Waals surface area contributed by atoms with Crippen molar-refractivity contribution in [1.82, 2.24) is 0 Å². The van der Waals surface area contributed by atoms with Crippen molar-refractivity contribution in [3.8, 4) is 0 Å². The summed E-state index contributed by atoms with van der Waals surface area (Å²) >= 11 is 8.11. The Morgan fingerprint density at radius 1 is 1.47 bits per heavy atom. The van der Waals surface area contributed by atoms with Gasteiger partial charge in [0.15, 0.2) is 0 Å². The fourth-order valence-corrected chi connectivity index (χ4v) is 2.65. The van der Waals surface area contributed by atoms with Crippen molar-refractivity contribution in [3.05, 3.63) is 34.3 Å². The summed E-state index contributed by atoms with van der Waals surface area (Å²) in [4.78, 5) is 0. The molecule has 0 heterocycles. The van der Waals surface area contributed by atoms with E-state index in [2.05, 4.69) is 32.4 Å². The van der Waals surface area contributed by atoms with E-state index in [1.165, 1.54) is 5.56 Å². The van der Waals surface area contributed by atoms with Crippen molar-refractivity contribution >= 4 is 28.4 Å². The Hall–Kier alpha value is -0.320. The first kappa shape index (κ1) is 11.2. The third-order valence-electron chi connectivity index (χ3n) is 3.22. The van der Waals surface area contributed by atoms with Crippen LogP contribution < -0.4 is 0 Å². The number of nitrogens with zero attached hydrogens (tertiary/aromatic N) is 1. The molecule has 1 aliphatic carbocycles. The maximum absolute atomic E-state index is 9.20. The maximum atomic E-state index is 9.20. The van der Waals surface area contributed by atoms with Crippen LogP contribution in [0.4, 0.5) is 0 Å². The Bertz CT molecular complexity index is 367. The van der Waals surface area contributed by atoms with Gasteiger partial charge in [-0.3, -0.25) is 0 Å². The average molecular weight is 286 g/mol. The van der Waals surface area contributed by atoms with Crippen LogP contribution in [0.2, 0.25) is 0 Å². The molecular formula is C11H12BrNOS. The molecule has 2 atom stereocenters. The van der Waals surface area contributed by atoms with Crippen molar-refractivity contribution in [2.24, 2.45) is 10.3 Å². The smallest absolute Gasteiger partial charge is 0.0621 e. The molecule has 0 amide bonds. The zero-order chi connectivity index (χ0) is 10.9. The van der Waals surface area contributed by atoms with Gasteiger partial charge in [-0.2, -0.15) is 0 Å². The molecule has 1 N–H and O–H groups in total. The highest BCUT2D eigenvalue weighted by Gasteiger charge is 2.54. The minimum Gasteiger partial charge on any atom is -0.396 e. The third-order valence-corrected chi connectivity index (χ3v) is 3.88. The predicted molar refractivity (Wildman–Crippen MR) is 65.7 cm³/mol. The summed E-state index contributed by atoms with van der Waals surface area (Å²) in [5, 5.41) is 9.20. The van der Waals surface area contributed by atoms with Gasteiger partial charge < -0.3 is 5.11 Å². The summed E-state index contributed by atoms with van der Waals surface area (Å²) in [7, 11) is 0. The normalized spacial score (nSPS) is 28.8. The number of rotatable bonds is 4. The van der Waals surface area contributed by atoms with Gasteiger partial charge in [0, 0.05) is 28.9 Å². The van der Waals surface area contributed by atoms with E-state index in [0.29, 0.717) is 12.5 Å². The van der Waals surface area contributed by atoms with Gasteiger partial charge in [-0.15, -0.1) is 0 Å². The fraction of sp³-hybridized carbons (Fsp3) is 0.455. The fourth-order valence-electron chi connectivity index (χ4n) is 2.16. The van der Waals surface area contributed by atoms with Crippen molar-refractivity contribution in [3.63, 3.8) is 0 Å². The molecule has 1 aromatic carbocycles. The number of halogens is 1. The summed E-state index contributed by atoms with van der Waals surface area (Å²) in [6.45, 7) is 0.857. The van der Waals surface area contributed by atoms with E-state index >= 15 is 0 Å². The van der Waals surface area contributed by atoms with Gasteiger partial charge in [0.1, 0.15) is 0 Å². The Kier molecular flexibility index (Phi) is 3.19. The van der Waals surface area contributed by atoms with Gasteiger partial charge >= 0.3 is 0 Å². The van der Waals surface area contributed by atoms with Crippen molar-refractivity contribution in [2.75, 3.05) is 13.2 Å². The molecule has 0 saturated heterocycles. The van der Waals surface area contributed by atoms with E-state index in [0.717, 1.165) is 10.9 Å². The molecule has 0 spiro atoms. The maximum Gasteiger partial charge on any atom is 0.0621 e. The van der Waals surface area contributed by atoms with Crippen LogP contribution in [0.25, 0.3) is 0 Å². The standard InChI is InChI=1S/C11H12BrNOS/c12-10-3-1-8(2-4-10)11(7-13-15)5-9(11)6-14/h1-4,9,14H,5-7H2/t9-,11+/m1/s1. The molecule has 15 heavy (non-hydrogen) atoms. The molecule has 2 rings (SSSR count). The molecule has 80 valence electrons. The van der Waals surface area contributed by atoms with Crippen LogP contribution in [-0.4, -0.2) is 18.3 Å². The van der Waals surface area contributed by atoms with E-state index in [1.54, 1.807) is 0 Å². The van der Waals surface area contributed by atoms with E-state index < -0.39 is 0 Å². The number of aliphatic hydroxyl groups excluding tert-OH is 1. The summed E-state index contributed by atoms with van der Waals surface area (Å²) in [6, 6.07) is 8.21. The second-order valence-electron chi connectivity index (χ2n) is 4.03. The molecule has 2 nitrogen and oxygen atoms in total. The summed E-state index contributed by atoms with van der Waals surface area (Å²) < 4.78 is 4.89.